The van der Waals surface area contributed by atoms with Crippen LogP contribution in [0.4, 0.5) is 28.4 Å². The first-order chi connectivity index (χ1) is 16.1. The summed E-state index contributed by atoms with van der Waals surface area (Å²) in [4.78, 5) is 14.0. The number of hydrogen-bond donors (Lipinski definition) is 0. The van der Waals surface area contributed by atoms with Crippen LogP contribution in [0.15, 0.2) is 93.3 Å². The molecule has 7 heteroatoms. The molecule has 3 aromatic rings. The number of rotatable bonds is 10. The average molecular weight is 444 g/mol. The topological polar surface area (TPSA) is 79.0 Å². The molecule has 7 nitrogen and oxygen atoms in total. The van der Waals surface area contributed by atoms with Gasteiger partial charge in [0, 0.05) is 18.8 Å². The summed E-state index contributed by atoms with van der Waals surface area (Å²) in [6.07, 6.45) is 1.12. The van der Waals surface area contributed by atoms with Crippen LogP contribution in [0.25, 0.3) is 0 Å². The minimum Gasteiger partial charge on any atom is -0.462 e. The van der Waals surface area contributed by atoms with Crippen LogP contribution in [-0.2, 0) is 4.74 Å². The van der Waals surface area contributed by atoms with Crippen LogP contribution < -0.4 is 4.90 Å². The van der Waals surface area contributed by atoms with E-state index >= 15 is 0 Å². The highest BCUT2D eigenvalue weighted by atomic mass is 16.5. The molecule has 0 unspecified atom stereocenters. The average Bonchev–Trinajstić information content (AvgIpc) is 2.86. The molecule has 0 aliphatic rings. The molecular weight excluding hydrogens is 414 g/mol. The molecule has 3 aromatic carbocycles. The number of ether oxygens (including phenoxy) is 1. The normalized spacial score (nSPS) is 11.2. The first-order valence-electron chi connectivity index (χ1n) is 11.2. The number of anilines is 1. The van der Waals surface area contributed by atoms with E-state index in [1.807, 2.05) is 36.4 Å². The van der Waals surface area contributed by atoms with Crippen molar-refractivity contribution in [3.05, 3.63) is 78.4 Å². The Labute approximate surface area is 194 Å². The Hall–Kier alpha value is -3.87. The van der Waals surface area contributed by atoms with Gasteiger partial charge in [-0.15, -0.1) is 0 Å². The summed E-state index contributed by atoms with van der Waals surface area (Å²) in [6, 6.07) is 22.3. The minimum absolute atomic E-state index is 0.346. The van der Waals surface area contributed by atoms with Gasteiger partial charge in [-0.05, 0) is 93.1 Å². The van der Waals surface area contributed by atoms with Crippen LogP contribution >= 0.6 is 0 Å². The Kier molecular flexibility index (Phi) is 8.82. The second-order valence-corrected chi connectivity index (χ2v) is 7.28. The molecule has 0 aliphatic carbocycles. The van der Waals surface area contributed by atoms with Crippen molar-refractivity contribution >= 4 is 34.4 Å². The largest absolute Gasteiger partial charge is 0.462 e. The van der Waals surface area contributed by atoms with Crippen LogP contribution in [-0.4, -0.2) is 25.7 Å². The van der Waals surface area contributed by atoms with Gasteiger partial charge in [0.1, 0.15) is 0 Å². The highest BCUT2D eigenvalue weighted by Gasteiger charge is 2.05. The fraction of sp³-hybridized carbons (Fsp3) is 0.269. The van der Waals surface area contributed by atoms with Gasteiger partial charge in [0.15, 0.2) is 0 Å². The Morgan fingerprint density at radius 3 is 1.52 bits per heavy atom. The standard InChI is InChI=1S/C26H29N5O2/c1-4-19-31(5-2)25-17-15-24(16-18-25)30-29-23-13-11-22(12-14-23)28-27-21-9-7-20(8-10-21)26(32)33-6-3/h7-18H,4-6,19H2,1-3H3. The van der Waals surface area contributed by atoms with Crippen molar-refractivity contribution in [1.82, 2.24) is 0 Å². The number of carbonyl (C=O) groups excluding carboxylic acids is 1. The van der Waals surface area contributed by atoms with Gasteiger partial charge in [0.25, 0.3) is 0 Å². The minimum atomic E-state index is -0.346. The molecule has 0 fully saturated rings. The molecule has 33 heavy (non-hydrogen) atoms. The summed E-state index contributed by atoms with van der Waals surface area (Å²) in [5.41, 5.74) is 4.57. The predicted octanol–water partition coefficient (Wildman–Crippen LogP) is 7.93. The monoisotopic (exact) mass is 443 g/mol. The number of nitrogens with zero attached hydrogens (tertiary/aromatic N) is 5. The molecule has 0 aliphatic heterocycles. The zero-order valence-corrected chi connectivity index (χ0v) is 19.3. The maximum Gasteiger partial charge on any atom is 0.338 e. The number of carbonyl (C=O) groups is 1. The van der Waals surface area contributed by atoms with E-state index in [1.165, 1.54) is 5.69 Å². The third kappa shape index (κ3) is 7.07. The van der Waals surface area contributed by atoms with Gasteiger partial charge in [-0.1, -0.05) is 6.92 Å². The zero-order valence-electron chi connectivity index (χ0n) is 19.3. The van der Waals surface area contributed by atoms with E-state index < -0.39 is 0 Å². The molecule has 170 valence electrons. The van der Waals surface area contributed by atoms with Gasteiger partial charge < -0.3 is 9.64 Å². The van der Waals surface area contributed by atoms with Crippen LogP contribution in [0, 0.1) is 0 Å². The van der Waals surface area contributed by atoms with Gasteiger partial charge in [-0.25, -0.2) is 4.79 Å². The maximum absolute atomic E-state index is 11.7. The van der Waals surface area contributed by atoms with Crippen molar-refractivity contribution in [2.75, 3.05) is 24.6 Å². The predicted molar refractivity (Wildman–Crippen MR) is 132 cm³/mol. The van der Waals surface area contributed by atoms with Crippen molar-refractivity contribution in [2.24, 2.45) is 20.5 Å². The van der Waals surface area contributed by atoms with Crippen LogP contribution in [0.2, 0.25) is 0 Å². The lowest BCUT2D eigenvalue weighted by Gasteiger charge is -2.22. The van der Waals surface area contributed by atoms with Crippen LogP contribution in [0.3, 0.4) is 0 Å². The number of benzene rings is 3. The fourth-order valence-corrected chi connectivity index (χ4v) is 3.17. The number of esters is 1. The van der Waals surface area contributed by atoms with Crippen LogP contribution in [0.5, 0.6) is 0 Å². The van der Waals surface area contributed by atoms with E-state index in [0.29, 0.717) is 23.5 Å². The van der Waals surface area contributed by atoms with E-state index in [1.54, 1.807) is 31.2 Å². The first-order valence-corrected chi connectivity index (χ1v) is 11.2. The summed E-state index contributed by atoms with van der Waals surface area (Å²) in [5.74, 6) is -0.346. The number of hydrogen-bond acceptors (Lipinski definition) is 7. The molecule has 0 aromatic heterocycles. The molecule has 0 heterocycles. The molecule has 0 saturated heterocycles. The Bertz CT molecular complexity index is 1080. The lowest BCUT2D eigenvalue weighted by molar-refractivity contribution is 0.0526. The number of azo groups is 2. The highest BCUT2D eigenvalue weighted by molar-refractivity contribution is 5.89. The smallest absolute Gasteiger partial charge is 0.338 e. The fourth-order valence-electron chi connectivity index (χ4n) is 3.17. The molecule has 0 spiro atoms. The third-order valence-corrected chi connectivity index (χ3v) is 4.88. The Balaban J connectivity index is 1.58. The summed E-state index contributed by atoms with van der Waals surface area (Å²) in [5, 5.41) is 17.1. The van der Waals surface area contributed by atoms with Crippen molar-refractivity contribution in [3.63, 3.8) is 0 Å². The quantitative estimate of drug-likeness (QED) is 0.236. The lowest BCUT2D eigenvalue weighted by atomic mass is 10.2. The lowest BCUT2D eigenvalue weighted by Crippen LogP contribution is -2.23. The highest BCUT2D eigenvalue weighted by Crippen LogP contribution is 2.25. The molecule has 0 saturated carbocycles. The zero-order chi connectivity index (χ0) is 23.5. The van der Waals surface area contributed by atoms with E-state index in [0.717, 1.165) is 30.9 Å². The molecule has 0 atom stereocenters. The van der Waals surface area contributed by atoms with Gasteiger partial charge in [-0.2, -0.15) is 20.5 Å². The van der Waals surface area contributed by atoms with E-state index in [4.69, 9.17) is 4.74 Å². The van der Waals surface area contributed by atoms with Crippen molar-refractivity contribution in [3.8, 4) is 0 Å². The molecular formula is C26H29N5O2. The third-order valence-electron chi connectivity index (χ3n) is 4.88. The van der Waals surface area contributed by atoms with Gasteiger partial charge in [-0.3, -0.25) is 0 Å². The van der Waals surface area contributed by atoms with Crippen molar-refractivity contribution < 1.29 is 9.53 Å². The van der Waals surface area contributed by atoms with E-state index in [9.17, 15) is 4.79 Å². The van der Waals surface area contributed by atoms with Gasteiger partial charge in [0.2, 0.25) is 0 Å². The van der Waals surface area contributed by atoms with Crippen molar-refractivity contribution in [1.29, 1.82) is 0 Å². The summed E-state index contributed by atoms with van der Waals surface area (Å²) < 4.78 is 4.97. The van der Waals surface area contributed by atoms with E-state index in [2.05, 4.69) is 51.3 Å². The second kappa shape index (κ2) is 12.2. The van der Waals surface area contributed by atoms with E-state index in [-0.39, 0.29) is 5.97 Å². The SMILES string of the molecule is CCCN(CC)c1ccc(N=Nc2ccc(N=Nc3ccc(C(=O)OCC)cc3)cc2)cc1. The van der Waals surface area contributed by atoms with Crippen molar-refractivity contribution in [2.45, 2.75) is 27.2 Å². The Morgan fingerprint density at radius 1 is 0.697 bits per heavy atom. The molecule has 0 bridgehead atoms. The molecule has 0 amide bonds. The molecule has 0 N–H and O–H groups in total. The van der Waals surface area contributed by atoms with Gasteiger partial charge >= 0.3 is 5.97 Å². The van der Waals surface area contributed by atoms with Crippen LogP contribution in [0.1, 0.15) is 37.6 Å². The first kappa shape index (κ1) is 23.8. The summed E-state index contributed by atoms with van der Waals surface area (Å²) in [7, 11) is 0. The summed E-state index contributed by atoms with van der Waals surface area (Å²) >= 11 is 0. The Morgan fingerprint density at radius 2 is 1.12 bits per heavy atom. The summed E-state index contributed by atoms with van der Waals surface area (Å²) in [6.45, 7) is 8.49. The molecule has 0 radical (unpaired) electrons. The maximum atomic E-state index is 11.7. The van der Waals surface area contributed by atoms with Gasteiger partial charge in [0.05, 0.1) is 34.9 Å². The molecule has 3 rings (SSSR count). The second-order valence-electron chi connectivity index (χ2n) is 7.28.